The number of likely N-dealkylation sites (tertiary alicyclic amines) is 1. The first kappa shape index (κ1) is 19.8. The summed E-state index contributed by atoms with van der Waals surface area (Å²) < 4.78 is 17.3. The minimum absolute atomic E-state index is 0.276. The van der Waals surface area contributed by atoms with Crippen molar-refractivity contribution in [3.05, 3.63) is 66.2 Å². The van der Waals surface area contributed by atoms with Gasteiger partial charge >= 0.3 is 0 Å². The van der Waals surface area contributed by atoms with Crippen molar-refractivity contribution >= 4 is 0 Å². The van der Waals surface area contributed by atoms with Crippen molar-refractivity contribution in [3.63, 3.8) is 0 Å². The van der Waals surface area contributed by atoms with E-state index in [1.54, 1.807) is 0 Å². The number of aliphatic hydroxyl groups excluding tert-OH is 1. The molecule has 0 aromatic heterocycles. The Kier molecular flexibility index (Phi) is 6.37. The van der Waals surface area contributed by atoms with E-state index in [2.05, 4.69) is 23.6 Å². The van der Waals surface area contributed by atoms with Gasteiger partial charge in [0.1, 0.15) is 31.7 Å². The average Bonchev–Trinajstić information content (AvgIpc) is 3.21. The van der Waals surface area contributed by atoms with Gasteiger partial charge in [0, 0.05) is 12.6 Å². The summed E-state index contributed by atoms with van der Waals surface area (Å²) in [4.78, 5) is 2.34. The van der Waals surface area contributed by atoms with E-state index in [9.17, 15) is 5.11 Å². The van der Waals surface area contributed by atoms with E-state index in [1.165, 1.54) is 5.56 Å². The number of aliphatic hydroxyl groups is 1. The third kappa shape index (κ3) is 4.74. The molecule has 0 spiro atoms. The fourth-order valence-corrected chi connectivity index (χ4v) is 4.17. The molecule has 1 N–H and O–H groups in total. The minimum atomic E-state index is -0.551. The second-order valence-corrected chi connectivity index (χ2v) is 7.62. The van der Waals surface area contributed by atoms with Crippen molar-refractivity contribution in [1.82, 2.24) is 4.90 Å². The van der Waals surface area contributed by atoms with Crippen molar-refractivity contribution in [1.29, 1.82) is 0 Å². The zero-order valence-corrected chi connectivity index (χ0v) is 16.8. The van der Waals surface area contributed by atoms with Gasteiger partial charge in [-0.25, -0.2) is 0 Å². The van der Waals surface area contributed by atoms with Crippen LogP contribution in [0.1, 0.15) is 30.0 Å². The van der Waals surface area contributed by atoms with Gasteiger partial charge in [-0.3, -0.25) is 4.90 Å². The lowest BCUT2D eigenvalue weighted by molar-refractivity contribution is 0.0635. The first-order valence-corrected chi connectivity index (χ1v) is 10.4. The van der Waals surface area contributed by atoms with Crippen LogP contribution in [0.15, 0.2) is 55.1 Å². The molecule has 5 nitrogen and oxygen atoms in total. The molecule has 2 aromatic carbocycles. The Morgan fingerprint density at radius 2 is 2.00 bits per heavy atom. The zero-order chi connectivity index (χ0) is 20.1. The van der Waals surface area contributed by atoms with E-state index in [1.807, 2.05) is 36.4 Å². The van der Waals surface area contributed by atoms with E-state index < -0.39 is 6.10 Å². The number of nitrogens with zero attached hydrogens (tertiary/aromatic N) is 1. The monoisotopic (exact) mass is 395 g/mol. The van der Waals surface area contributed by atoms with Gasteiger partial charge in [-0.1, -0.05) is 30.3 Å². The highest BCUT2D eigenvalue weighted by Gasteiger charge is 2.29. The summed E-state index contributed by atoms with van der Waals surface area (Å²) in [5.74, 6) is 2.45. The van der Waals surface area contributed by atoms with Crippen LogP contribution in [0.4, 0.5) is 0 Å². The molecule has 0 amide bonds. The normalized spacial score (nSPS) is 19.7. The molecule has 0 saturated carbocycles. The van der Waals surface area contributed by atoms with Gasteiger partial charge in [-0.05, 0) is 55.1 Å². The third-order valence-corrected chi connectivity index (χ3v) is 5.53. The SMILES string of the molecule is C=CCc1ccccc1OC[C@H](O)CN1CCC[C@@H]1c1ccc2c(c1)OCCO2. The number of ether oxygens (including phenoxy) is 3. The molecule has 2 aromatic rings. The van der Waals surface area contributed by atoms with Crippen molar-refractivity contribution < 1.29 is 19.3 Å². The van der Waals surface area contributed by atoms with Crippen LogP contribution in [0.25, 0.3) is 0 Å². The number of hydrogen-bond donors (Lipinski definition) is 1. The van der Waals surface area contributed by atoms with Gasteiger partial charge in [0.15, 0.2) is 11.5 Å². The first-order valence-electron chi connectivity index (χ1n) is 10.4. The third-order valence-electron chi connectivity index (χ3n) is 5.53. The number of benzene rings is 2. The molecule has 2 aliphatic heterocycles. The summed E-state index contributed by atoms with van der Waals surface area (Å²) in [7, 11) is 0. The number of rotatable bonds is 8. The Balaban J connectivity index is 1.36. The van der Waals surface area contributed by atoms with Crippen molar-refractivity contribution in [3.8, 4) is 17.2 Å². The molecule has 2 aliphatic rings. The summed E-state index contributed by atoms with van der Waals surface area (Å²) in [5, 5.41) is 10.6. The molecular formula is C24H29NO4. The van der Waals surface area contributed by atoms with Crippen LogP contribution in [0.2, 0.25) is 0 Å². The van der Waals surface area contributed by atoms with Gasteiger partial charge in [0.25, 0.3) is 0 Å². The molecule has 1 fully saturated rings. The smallest absolute Gasteiger partial charge is 0.161 e. The molecule has 154 valence electrons. The summed E-state index contributed by atoms with van der Waals surface area (Å²) in [6.45, 7) is 6.83. The van der Waals surface area contributed by atoms with Crippen LogP contribution in [0, 0.1) is 0 Å². The molecule has 4 rings (SSSR count). The Hall–Kier alpha value is -2.50. The van der Waals surface area contributed by atoms with Crippen molar-refractivity contribution in [2.75, 3.05) is 32.9 Å². The standard InChI is InChI=1S/C24H29NO4/c1-2-6-18-7-3-4-9-22(18)29-17-20(26)16-25-12-5-8-21(25)19-10-11-23-24(15-19)28-14-13-27-23/h2-4,7,9-11,15,20-21,26H,1,5-6,8,12-14,16-17H2/t20-,21-/m1/s1. The Bertz CT molecular complexity index is 837. The highest BCUT2D eigenvalue weighted by Crippen LogP contribution is 2.38. The van der Waals surface area contributed by atoms with Crippen molar-refractivity contribution in [2.45, 2.75) is 31.4 Å². The maximum atomic E-state index is 10.6. The van der Waals surface area contributed by atoms with Crippen LogP contribution in [0.3, 0.4) is 0 Å². The summed E-state index contributed by atoms with van der Waals surface area (Å²) >= 11 is 0. The Morgan fingerprint density at radius 1 is 1.17 bits per heavy atom. The van der Waals surface area contributed by atoms with Crippen LogP contribution < -0.4 is 14.2 Å². The summed E-state index contributed by atoms with van der Waals surface area (Å²) in [6, 6.07) is 14.4. The van der Waals surface area contributed by atoms with Crippen LogP contribution >= 0.6 is 0 Å². The molecular weight excluding hydrogens is 366 g/mol. The largest absolute Gasteiger partial charge is 0.491 e. The molecule has 5 heteroatoms. The van der Waals surface area contributed by atoms with Gasteiger partial charge < -0.3 is 19.3 Å². The van der Waals surface area contributed by atoms with E-state index in [0.717, 1.165) is 48.6 Å². The molecule has 29 heavy (non-hydrogen) atoms. The number of hydrogen-bond acceptors (Lipinski definition) is 5. The highest BCUT2D eigenvalue weighted by atomic mass is 16.6. The van der Waals surface area contributed by atoms with Gasteiger partial charge in [0.05, 0.1) is 0 Å². The average molecular weight is 395 g/mol. The Labute approximate surface area is 172 Å². The van der Waals surface area contributed by atoms with Gasteiger partial charge in [-0.2, -0.15) is 0 Å². The maximum absolute atomic E-state index is 10.6. The molecule has 2 atom stereocenters. The van der Waals surface area contributed by atoms with Crippen LogP contribution in [-0.2, 0) is 6.42 Å². The topological polar surface area (TPSA) is 51.2 Å². The van der Waals surface area contributed by atoms with E-state index in [4.69, 9.17) is 14.2 Å². The molecule has 0 unspecified atom stereocenters. The van der Waals surface area contributed by atoms with Crippen LogP contribution in [-0.4, -0.2) is 49.0 Å². The van der Waals surface area contributed by atoms with E-state index >= 15 is 0 Å². The zero-order valence-electron chi connectivity index (χ0n) is 16.8. The highest BCUT2D eigenvalue weighted by molar-refractivity contribution is 5.44. The summed E-state index contributed by atoms with van der Waals surface area (Å²) in [6.07, 6.45) is 4.26. The predicted molar refractivity (Wildman–Crippen MR) is 113 cm³/mol. The lowest BCUT2D eigenvalue weighted by atomic mass is 10.0. The number of allylic oxidation sites excluding steroid dienone is 1. The van der Waals surface area contributed by atoms with Gasteiger partial charge in [0.2, 0.25) is 0 Å². The van der Waals surface area contributed by atoms with Crippen molar-refractivity contribution in [2.24, 2.45) is 0 Å². The lowest BCUT2D eigenvalue weighted by Crippen LogP contribution is -2.35. The Morgan fingerprint density at radius 3 is 2.86 bits per heavy atom. The number of para-hydroxylation sites is 1. The second-order valence-electron chi connectivity index (χ2n) is 7.62. The quantitative estimate of drug-likeness (QED) is 0.690. The fraction of sp³-hybridized carbons (Fsp3) is 0.417. The molecule has 0 bridgehead atoms. The molecule has 0 aliphatic carbocycles. The first-order chi connectivity index (χ1) is 14.2. The van der Waals surface area contributed by atoms with Gasteiger partial charge in [-0.15, -0.1) is 6.58 Å². The maximum Gasteiger partial charge on any atom is 0.161 e. The minimum Gasteiger partial charge on any atom is -0.491 e. The number of β-amino-alcohol motifs (C(OH)–C–C–N with tert-alkyl or cyclic N) is 1. The number of fused-ring (bicyclic) bond motifs is 1. The molecule has 0 radical (unpaired) electrons. The fourth-order valence-electron chi connectivity index (χ4n) is 4.17. The predicted octanol–water partition coefficient (Wildman–Crippen LogP) is 3.76. The second kappa shape index (κ2) is 9.33. The van der Waals surface area contributed by atoms with E-state index in [0.29, 0.717) is 19.8 Å². The lowest BCUT2D eigenvalue weighted by Gasteiger charge is -2.28. The van der Waals surface area contributed by atoms with Crippen LogP contribution in [0.5, 0.6) is 17.2 Å². The summed E-state index contributed by atoms with van der Waals surface area (Å²) in [5.41, 5.74) is 2.31. The van der Waals surface area contributed by atoms with E-state index in [-0.39, 0.29) is 12.6 Å². The molecule has 2 heterocycles. The molecule has 1 saturated heterocycles.